The summed E-state index contributed by atoms with van der Waals surface area (Å²) in [6, 6.07) is 7.93. The van der Waals surface area contributed by atoms with Gasteiger partial charge in [0.15, 0.2) is 5.13 Å². The van der Waals surface area contributed by atoms with Crippen molar-refractivity contribution in [2.75, 3.05) is 17.2 Å². The quantitative estimate of drug-likeness (QED) is 0.355. The number of para-hydroxylation sites is 1. The van der Waals surface area contributed by atoms with Gasteiger partial charge in [-0.05, 0) is 51.3 Å². The van der Waals surface area contributed by atoms with Crippen LogP contribution in [0.5, 0.6) is 0 Å². The van der Waals surface area contributed by atoms with E-state index in [2.05, 4.69) is 33.9 Å². The minimum absolute atomic E-state index is 0.00471. The molecule has 1 amide bonds. The molecule has 162 valence electrons. The molecule has 0 N–H and O–H groups in total. The lowest BCUT2D eigenvalue weighted by Crippen LogP contribution is -2.32. The third-order valence-corrected chi connectivity index (χ3v) is 7.15. The van der Waals surface area contributed by atoms with Crippen LogP contribution < -0.4 is 4.90 Å². The number of thioether (sulfide) groups is 1. The molecule has 7 nitrogen and oxygen atoms in total. The summed E-state index contributed by atoms with van der Waals surface area (Å²) in [6.07, 6.45) is 3.25. The molecular formula is C22H26N6OS2. The SMILES string of the molecule is CCCCc1c(C)nc2nc(SCC(=O)N(CC)c3nc4ccccc4s3)nn2c1C. The first-order valence-electron chi connectivity index (χ1n) is 10.5. The zero-order valence-corrected chi connectivity index (χ0v) is 19.9. The smallest absolute Gasteiger partial charge is 0.253 e. The van der Waals surface area contributed by atoms with Crippen LogP contribution in [-0.4, -0.2) is 42.8 Å². The number of amides is 1. The van der Waals surface area contributed by atoms with Gasteiger partial charge in [-0.1, -0.05) is 48.6 Å². The molecule has 0 aliphatic heterocycles. The maximum atomic E-state index is 12.9. The second-order valence-electron chi connectivity index (χ2n) is 7.36. The van der Waals surface area contributed by atoms with Gasteiger partial charge in [-0.15, -0.1) is 5.10 Å². The van der Waals surface area contributed by atoms with E-state index >= 15 is 0 Å². The Morgan fingerprint density at radius 1 is 1.16 bits per heavy atom. The van der Waals surface area contributed by atoms with Crippen molar-refractivity contribution in [1.82, 2.24) is 24.6 Å². The molecule has 0 spiro atoms. The summed E-state index contributed by atoms with van der Waals surface area (Å²) in [5.74, 6) is 0.833. The van der Waals surface area contributed by atoms with Crippen molar-refractivity contribution in [3.63, 3.8) is 0 Å². The lowest BCUT2D eigenvalue weighted by atomic mass is 10.1. The predicted octanol–water partition coefficient (Wildman–Crippen LogP) is 4.84. The molecule has 0 saturated carbocycles. The molecule has 0 radical (unpaired) electrons. The van der Waals surface area contributed by atoms with Crippen LogP contribution in [0.4, 0.5) is 5.13 Å². The number of nitrogens with zero attached hydrogens (tertiary/aromatic N) is 6. The molecule has 31 heavy (non-hydrogen) atoms. The largest absolute Gasteiger partial charge is 0.288 e. The number of unbranched alkanes of at least 4 members (excludes halogenated alkanes) is 1. The Morgan fingerprint density at radius 3 is 2.71 bits per heavy atom. The number of carbonyl (C=O) groups excluding carboxylic acids is 1. The summed E-state index contributed by atoms with van der Waals surface area (Å²) in [5, 5.41) is 5.90. The van der Waals surface area contributed by atoms with Crippen LogP contribution in [0.3, 0.4) is 0 Å². The first-order chi connectivity index (χ1) is 15.0. The van der Waals surface area contributed by atoms with Gasteiger partial charge in [0.25, 0.3) is 5.78 Å². The van der Waals surface area contributed by atoms with Gasteiger partial charge in [0.1, 0.15) is 0 Å². The molecule has 0 bridgehead atoms. The van der Waals surface area contributed by atoms with Gasteiger partial charge >= 0.3 is 0 Å². The number of aryl methyl sites for hydroxylation is 2. The highest BCUT2D eigenvalue weighted by Crippen LogP contribution is 2.29. The van der Waals surface area contributed by atoms with Crippen molar-refractivity contribution < 1.29 is 4.79 Å². The molecule has 9 heteroatoms. The van der Waals surface area contributed by atoms with E-state index in [-0.39, 0.29) is 11.7 Å². The lowest BCUT2D eigenvalue weighted by Gasteiger charge is -2.16. The minimum Gasteiger partial charge on any atom is -0.288 e. The van der Waals surface area contributed by atoms with Crippen LogP contribution in [0.15, 0.2) is 29.4 Å². The molecule has 0 fully saturated rings. The van der Waals surface area contributed by atoms with Gasteiger partial charge < -0.3 is 0 Å². The van der Waals surface area contributed by atoms with E-state index in [4.69, 9.17) is 0 Å². The fraction of sp³-hybridized carbons (Fsp3) is 0.409. The van der Waals surface area contributed by atoms with Crippen molar-refractivity contribution in [3.05, 3.63) is 41.2 Å². The Balaban J connectivity index is 1.51. The minimum atomic E-state index is -0.00471. The van der Waals surface area contributed by atoms with Crippen LogP contribution >= 0.6 is 23.1 Å². The molecule has 4 aromatic rings. The Bertz CT molecular complexity index is 1200. The Hall–Kier alpha value is -2.52. The summed E-state index contributed by atoms with van der Waals surface area (Å²) < 4.78 is 2.88. The first kappa shape index (κ1) is 21.7. The highest BCUT2D eigenvalue weighted by atomic mass is 32.2. The van der Waals surface area contributed by atoms with E-state index in [0.29, 0.717) is 17.5 Å². The van der Waals surface area contributed by atoms with Crippen molar-refractivity contribution in [2.24, 2.45) is 0 Å². The van der Waals surface area contributed by atoms with E-state index in [1.54, 1.807) is 9.42 Å². The number of rotatable bonds is 8. The fourth-order valence-electron chi connectivity index (χ4n) is 3.56. The molecule has 0 atom stereocenters. The van der Waals surface area contributed by atoms with Gasteiger partial charge in [0.2, 0.25) is 11.1 Å². The summed E-state index contributed by atoms with van der Waals surface area (Å²) in [6.45, 7) is 8.81. The maximum absolute atomic E-state index is 12.9. The van der Waals surface area contributed by atoms with Crippen molar-refractivity contribution in [1.29, 1.82) is 0 Å². The highest BCUT2D eigenvalue weighted by Gasteiger charge is 2.20. The lowest BCUT2D eigenvalue weighted by molar-refractivity contribution is -0.116. The number of aromatic nitrogens is 5. The molecular weight excluding hydrogens is 428 g/mol. The number of hydrogen-bond acceptors (Lipinski definition) is 7. The molecule has 0 aliphatic rings. The molecule has 0 saturated heterocycles. The van der Waals surface area contributed by atoms with Crippen molar-refractivity contribution in [2.45, 2.75) is 52.1 Å². The standard InChI is InChI=1S/C22H26N6OS2/c1-5-7-10-16-14(3)23-20-25-21(26-28(20)15(16)4)30-13-19(29)27(6-2)22-24-17-11-8-9-12-18(17)31-22/h8-9,11-12H,5-7,10,13H2,1-4H3. The van der Waals surface area contributed by atoms with E-state index in [1.807, 2.05) is 38.1 Å². The molecule has 3 aromatic heterocycles. The highest BCUT2D eigenvalue weighted by molar-refractivity contribution is 7.99. The zero-order chi connectivity index (χ0) is 22.0. The molecule has 3 heterocycles. The van der Waals surface area contributed by atoms with Gasteiger partial charge in [0, 0.05) is 17.9 Å². The van der Waals surface area contributed by atoms with E-state index in [1.165, 1.54) is 28.7 Å². The van der Waals surface area contributed by atoms with Crippen LogP contribution in [0, 0.1) is 13.8 Å². The number of benzene rings is 1. The maximum Gasteiger partial charge on any atom is 0.253 e. The third-order valence-electron chi connectivity index (χ3n) is 5.27. The van der Waals surface area contributed by atoms with Crippen LogP contribution in [-0.2, 0) is 11.2 Å². The first-order valence-corrected chi connectivity index (χ1v) is 12.3. The van der Waals surface area contributed by atoms with E-state index in [0.717, 1.165) is 46.0 Å². The number of carbonyl (C=O) groups is 1. The number of anilines is 1. The number of hydrogen-bond donors (Lipinski definition) is 0. The predicted molar refractivity (Wildman–Crippen MR) is 127 cm³/mol. The van der Waals surface area contributed by atoms with Gasteiger partial charge in [-0.25, -0.2) is 14.5 Å². The fourth-order valence-corrected chi connectivity index (χ4v) is 5.31. The van der Waals surface area contributed by atoms with Gasteiger partial charge in [-0.2, -0.15) is 4.98 Å². The van der Waals surface area contributed by atoms with Gasteiger partial charge in [-0.3, -0.25) is 9.69 Å². The topological polar surface area (TPSA) is 76.3 Å². The van der Waals surface area contributed by atoms with E-state index in [9.17, 15) is 4.79 Å². The Morgan fingerprint density at radius 2 is 1.97 bits per heavy atom. The molecule has 4 rings (SSSR count). The second kappa shape index (κ2) is 9.32. The third kappa shape index (κ3) is 4.43. The molecule has 0 unspecified atom stereocenters. The summed E-state index contributed by atoms with van der Waals surface area (Å²) in [5.41, 5.74) is 4.23. The Kier molecular flexibility index (Phi) is 6.52. The molecule has 0 aliphatic carbocycles. The Labute approximate surface area is 189 Å². The van der Waals surface area contributed by atoms with Gasteiger partial charge in [0.05, 0.1) is 16.0 Å². The van der Waals surface area contributed by atoms with Crippen LogP contribution in [0.1, 0.15) is 43.6 Å². The normalized spacial score (nSPS) is 11.5. The van der Waals surface area contributed by atoms with E-state index < -0.39 is 0 Å². The van der Waals surface area contributed by atoms with Crippen LogP contribution in [0.2, 0.25) is 0 Å². The summed E-state index contributed by atoms with van der Waals surface area (Å²) in [4.78, 5) is 28.4. The number of fused-ring (bicyclic) bond motifs is 2. The monoisotopic (exact) mass is 454 g/mol. The summed E-state index contributed by atoms with van der Waals surface area (Å²) >= 11 is 2.88. The second-order valence-corrected chi connectivity index (χ2v) is 9.31. The van der Waals surface area contributed by atoms with Crippen molar-refractivity contribution >= 4 is 50.1 Å². The number of thiazole rings is 1. The van der Waals surface area contributed by atoms with Crippen LogP contribution in [0.25, 0.3) is 16.0 Å². The molecule has 1 aromatic carbocycles. The average molecular weight is 455 g/mol. The summed E-state index contributed by atoms with van der Waals surface area (Å²) in [7, 11) is 0. The zero-order valence-electron chi connectivity index (χ0n) is 18.3. The van der Waals surface area contributed by atoms with Crippen molar-refractivity contribution in [3.8, 4) is 0 Å². The average Bonchev–Trinajstić information content (AvgIpc) is 3.36.